The molecule has 130 valence electrons. The molecule has 0 atom stereocenters. The van der Waals surface area contributed by atoms with E-state index in [0.29, 0.717) is 17.9 Å². The molecule has 1 aromatic carbocycles. The minimum atomic E-state index is 0. The third kappa shape index (κ3) is 4.15. The van der Waals surface area contributed by atoms with Gasteiger partial charge >= 0.3 is 0 Å². The first-order valence-corrected chi connectivity index (χ1v) is 8.43. The molecule has 0 fully saturated rings. The molecule has 0 bridgehead atoms. The summed E-state index contributed by atoms with van der Waals surface area (Å²) < 4.78 is 2.23. The van der Waals surface area contributed by atoms with Gasteiger partial charge in [-0.05, 0) is 45.1 Å². The van der Waals surface area contributed by atoms with E-state index in [0.717, 1.165) is 0 Å². The van der Waals surface area contributed by atoms with E-state index in [-0.39, 0.29) is 21.1 Å². The van der Waals surface area contributed by atoms with Crippen molar-refractivity contribution in [2.24, 2.45) is 0 Å². The van der Waals surface area contributed by atoms with Crippen LogP contribution >= 0.6 is 0 Å². The van der Waals surface area contributed by atoms with Crippen LogP contribution in [-0.2, 0) is 21.1 Å². The summed E-state index contributed by atoms with van der Waals surface area (Å²) in [6.45, 7) is 17.8. The predicted molar refractivity (Wildman–Crippen MR) is 95.7 cm³/mol. The maximum atomic E-state index is 4.98. The SMILES string of the molecule is Cc1cc(C)cc(-c2c(C(C)C)nn(C(C)C)c2C(C)C)c1.[Pt]. The van der Waals surface area contributed by atoms with Gasteiger partial charge in [-0.15, -0.1) is 0 Å². The Bertz CT molecular complexity index is 646. The summed E-state index contributed by atoms with van der Waals surface area (Å²) >= 11 is 0. The van der Waals surface area contributed by atoms with Gasteiger partial charge in [0, 0.05) is 38.4 Å². The van der Waals surface area contributed by atoms with Crippen molar-refractivity contribution in [2.75, 3.05) is 0 Å². The Morgan fingerprint density at radius 1 is 0.826 bits per heavy atom. The van der Waals surface area contributed by atoms with Crippen molar-refractivity contribution in [1.82, 2.24) is 9.78 Å². The zero-order valence-corrected chi connectivity index (χ0v) is 17.9. The molecular weight excluding hydrogens is 463 g/mol. The van der Waals surface area contributed by atoms with Gasteiger partial charge in [-0.25, -0.2) is 0 Å². The molecule has 1 aromatic heterocycles. The number of rotatable bonds is 4. The van der Waals surface area contributed by atoms with Crippen LogP contribution in [0.25, 0.3) is 11.1 Å². The Labute approximate surface area is 155 Å². The molecule has 2 aromatic rings. The fourth-order valence-corrected chi connectivity index (χ4v) is 3.23. The van der Waals surface area contributed by atoms with Crippen molar-refractivity contribution in [3.05, 3.63) is 40.7 Å². The summed E-state index contributed by atoms with van der Waals surface area (Å²) in [6, 6.07) is 7.22. The average Bonchev–Trinajstić information content (AvgIpc) is 2.77. The van der Waals surface area contributed by atoms with Crippen molar-refractivity contribution >= 4 is 0 Å². The number of aryl methyl sites for hydroxylation is 2. The molecule has 0 aliphatic carbocycles. The molecule has 2 nitrogen and oxygen atoms in total. The fourth-order valence-electron chi connectivity index (χ4n) is 3.23. The van der Waals surface area contributed by atoms with Crippen LogP contribution in [0.2, 0.25) is 0 Å². The molecule has 0 N–H and O–H groups in total. The minimum Gasteiger partial charge on any atom is -0.266 e. The fraction of sp³-hybridized carbons (Fsp3) is 0.550. The van der Waals surface area contributed by atoms with Crippen molar-refractivity contribution in [3.63, 3.8) is 0 Å². The summed E-state index contributed by atoms with van der Waals surface area (Å²) in [5, 5.41) is 4.98. The third-order valence-electron chi connectivity index (χ3n) is 4.07. The van der Waals surface area contributed by atoms with Gasteiger partial charge in [0.15, 0.2) is 0 Å². The standard InChI is InChI=1S/C20H30N2.Pt/c1-12(2)19-18(17-10-15(7)9-16(8)11-17)20(13(3)4)22(21-19)14(5)6;/h9-14H,1-8H3;. The van der Waals surface area contributed by atoms with Crippen LogP contribution in [0.4, 0.5) is 0 Å². The van der Waals surface area contributed by atoms with Gasteiger partial charge in [0.1, 0.15) is 0 Å². The van der Waals surface area contributed by atoms with Gasteiger partial charge in [0.05, 0.1) is 5.69 Å². The zero-order chi connectivity index (χ0) is 16.6. The molecule has 0 amide bonds. The molecule has 23 heavy (non-hydrogen) atoms. The van der Waals surface area contributed by atoms with Crippen LogP contribution < -0.4 is 0 Å². The van der Waals surface area contributed by atoms with Gasteiger partial charge < -0.3 is 0 Å². The molecule has 0 aliphatic heterocycles. The molecular formula is C20H30N2Pt. The summed E-state index contributed by atoms with van der Waals surface area (Å²) in [5.41, 5.74) is 7.89. The summed E-state index contributed by atoms with van der Waals surface area (Å²) in [5.74, 6) is 0.881. The minimum absolute atomic E-state index is 0. The second kappa shape index (κ2) is 7.79. The monoisotopic (exact) mass is 493 g/mol. The van der Waals surface area contributed by atoms with Crippen LogP contribution in [0.3, 0.4) is 0 Å². The molecule has 0 saturated heterocycles. The Morgan fingerprint density at radius 3 is 1.74 bits per heavy atom. The summed E-state index contributed by atoms with van der Waals surface area (Å²) in [4.78, 5) is 0. The van der Waals surface area contributed by atoms with E-state index in [1.165, 1.54) is 33.6 Å². The van der Waals surface area contributed by atoms with Gasteiger partial charge in [-0.2, -0.15) is 5.10 Å². The van der Waals surface area contributed by atoms with E-state index in [2.05, 4.69) is 78.3 Å². The average molecular weight is 494 g/mol. The third-order valence-corrected chi connectivity index (χ3v) is 4.07. The first-order valence-electron chi connectivity index (χ1n) is 8.43. The van der Waals surface area contributed by atoms with Crippen LogP contribution in [-0.4, -0.2) is 9.78 Å². The number of hydrogen-bond donors (Lipinski definition) is 0. The predicted octanol–water partition coefficient (Wildman–Crippen LogP) is 5.99. The molecule has 1 heterocycles. The molecule has 0 unspecified atom stereocenters. The Kier molecular flexibility index (Phi) is 6.83. The van der Waals surface area contributed by atoms with E-state index < -0.39 is 0 Å². The summed E-state index contributed by atoms with van der Waals surface area (Å²) in [6.07, 6.45) is 0. The van der Waals surface area contributed by atoms with E-state index in [4.69, 9.17) is 5.10 Å². The maximum absolute atomic E-state index is 4.98. The van der Waals surface area contributed by atoms with Crippen molar-refractivity contribution < 1.29 is 21.1 Å². The molecule has 0 spiro atoms. The van der Waals surface area contributed by atoms with Gasteiger partial charge in [-0.1, -0.05) is 57.0 Å². The van der Waals surface area contributed by atoms with E-state index in [1.54, 1.807) is 0 Å². The normalized spacial score (nSPS) is 11.4. The zero-order valence-electron chi connectivity index (χ0n) is 15.7. The number of nitrogens with zero attached hydrogens (tertiary/aromatic N) is 2. The molecule has 0 saturated carbocycles. The quantitative estimate of drug-likeness (QED) is 0.512. The van der Waals surface area contributed by atoms with Gasteiger partial charge in [-0.3, -0.25) is 4.68 Å². The van der Waals surface area contributed by atoms with Crippen molar-refractivity contribution in [2.45, 2.75) is 73.3 Å². The first-order chi connectivity index (χ1) is 10.2. The maximum Gasteiger partial charge on any atom is 0.0731 e. The molecule has 0 aliphatic rings. The number of hydrogen-bond acceptors (Lipinski definition) is 1. The Balaban J connectivity index is 0.00000264. The Morgan fingerprint density at radius 2 is 1.35 bits per heavy atom. The van der Waals surface area contributed by atoms with E-state index in [1.807, 2.05) is 0 Å². The van der Waals surface area contributed by atoms with Crippen molar-refractivity contribution in [3.8, 4) is 11.1 Å². The van der Waals surface area contributed by atoms with E-state index >= 15 is 0 Å². The van der Waals surface area contributed by atoms with Crippen molar-refractivity contribution in [1.29, 1.82) is 0 Å². The molecule has 3 heteroatoms. The number of benzene rings is 1. The summed E-state index contributed by atoms with van der Waals surface area (Å²) in [7, 11) is 0. The second-order valence-electron chi connectivity index (χ2n) is 7.37. The van der Waals surface area contributed by atoms with Crippen LogP contribution in [0.1, 0.15) is 81.9 Å². The first kappa shape index (κ1) is 20.2. The smallest absolute Gasteiger partial charge is 0.0731 e. The van der Waals surface area contributed by atoms with Crippen LogP contribution in [0, 0.1) is 13.8 Å². The second-order valence-corrected chi connectivity index (χ2v) is 7.37. The number of aromatic nitrogens is 2. The van der Waals surface area contributed by atoms with Gasteiger partial charge in [0.25, 0.3) is 0 Å². The largest absolute Gasteiger partial charge is 0.266 e. The van der Waals surface area contributed by atoms with Crippen LogP contribution in [0.15, 0.2) is 18.2 Å². The van der Waals surface area contributed by atoms with E-state index in [9.17, 15) is 0 Å². The van der Waals surface area contributed by atoms with Gasteiger partial charge in [0.2, 0.25) is 0 Å². The topological polar surface area (TPSA) is 17.8 Å². The Hall–Kier alpha value is -0.882. The molecule has 0 radical (unpaired) electrons. The van der Waals surface area contributed by atoms with Crippen LogP contribution in [0.5, 0.6) is 0 Å². The molecule has 2 rings (SSSR count).